The van der Waals surface area contributed by atoms with E-state index in [2.05, 4.69) is 15.9 Å². The van der Waals surface area contributed by atoms with Crippen molar-refractivity contribution in [1.29, 1.82) is 0 Å². The maximum absolute atomic E-state index is 12.8. The van der Waals surface area contributed by atoms with Crippen molar-refractivity contribution in [3.8, 4) is 0 Å². The standard InChI is InChI=1S/C15H17BrO2S/c1-10-15(19(17)12-5-3-2-4-6-12)13-9-11(16)7-8-14(13)18-10/h7-9,12H,2-6H2,1H3. The van der Waals surface area contributed by atoms with E-state index in [0.29, 0.717) is 5.25 Å². The molecule has 1 aromatic heterocycles. The summed E-state index contributed by atoms with van der Waals surface area (Å²) in [5.74, 6) is 0.803. The van der Waals surface area contributed by atoms with E-state index in [0.717, 1.165) is 38.9 Å². The summed E-state index contributed by atoms with van der Waals surface area (Å²) in [5.41, 5.74) is 0.833. The summed E-state index contributed by atoms with van der Waals surface area (Å²) in [5, 5.41) is 1.29. The molecule has 3 rings (SSSR count). The lowest BCUT2D eigenvalue weighted by atomic mass is 10.0. The molecule has 1 heterocycles. The third-order valence-corrected chi connectivity index (χ3v) is 6.31. The average molecular weight is 341 g/mol. The lowest BCUT2D eigenvalue weighted by molar-refractivity contribution is 0.503. The van der Waals surface area contributed by atoms with Gasteiger partial charge in [-0.05, 0) is 38.0 Å². The van der Waals surface area contributed by atoms with Gasteiger partial charge in [-0.1, -0.05) is 35.2 Å². The first-order chi connectivity index (χ1) is 9.16. The maximum Gasteiger partial charge on any atom is 0.135 e. The minimum absolute atomic E-state index is 0.298. The highest BCUT2D eigenvalue weighted by Crippen LogP contribution is 2.34. The molecule has 0 N–H and O–H groups in total. The van der Waals surface area contributed by atoms with Gasteiger partial charge in [0.25, 0.3) is 0 Å². The van der Waals surface area contributed by atoms with E-state index in [-0.39, 0.29) is 0 Å². The van der Waals surface area contributed by atoms with E-state index < -0.39 is 10.8 Å². The molecule has 1 saturated carbocycles. The number of furan rings is 1. The molecule has 1 unspecified atom stereocenters. The normalized spacial score (nSPS) is 18.8. The molecule has 4 heteroatoms. The van der Waals surface area contributed by atoms with Gasteiger partial charge in [0.15, 0.2) is 0 Å². The molecule has 19 heavy (non-hydrogen) atoms. The van der Waals surface area contributed by atoms with Crippen molar-refractivity contribution < 1.29 is 8.63 Å². The highest BCUT2D eigenvalue weighted by molar-refractivity contribution is 9.10. The third kappa shape index (κ3) is 2.52. The minimum Gasteiger partial charge on any atom is -0.460 e. The Morgan fingerprint density at radius 1 is 1.26 bits per heavy atom. The Hall–Kier alpha value is -0.610. The smallest absolute Gasteiger partial charge is 0.135 e. The summed E-state index contributed by atoms with van der Waals surface area (Å²) >= 11 is 3.48. The van der Waals surface area contributed by atoms with Crippen molar-refractivity contribution in [3.63, 3.8) is 0 Å². The van der Waals surface area contributed by atoms with Gasteiger partial charge in [-0.15, -0.1) is 0 Å². The second-order valence-corrected chi connectivity index (χ2v) is 7.77. The quantitative estimate of drug-likeness (QED) is 0.774. The van der Waals surface area contributed by atoms with Gasteiger partial charge in [0.2, 0.25) is 0 Å². The number of benzene rings is 1. The number of fused-ring (bicyclic) bond motifs is 1. The molecule has 0 radical (unpaired) electrons. The van der Waals surface area contributed by atoms with Crippen LogP contribution in [0.4, 0.5) is 0 Å². The van der Waals surface area contributed by atoms with Gasteiger partial charge in [0, 0.05) is 15.1 Å². The molecule has 1 aliphatic rings. The summed E-state index contributed by atoms with van der Waals surface area (Å²) in [6.07, 6.45) is 5.84. The molecule has 0 aliphatic heterocycles. The molecule has 0 amide bonds. The second kappa shape index (κ2) is 5.41. The average Bonchev–Trinajstić information content (AvgIpc) is 2.74. The van der Waals surface area contributed by atoms with E-state index in [4.69, 9.17) is 4.42 Å². The number of rotatable bonds is 2. The topological polar surface area (TPSA) is 30.2 Å². The lowest BCUT2D eigenvalue weighted by Gasteiger charge is -2.20. The van der Waals surface area contributed by atoms with Crippen LogP contribution < -0.4 is 0 Å². The van der Waals surface area contributed by atoms with Crippen molar-refractivity contribution in [2.45, 2.75) is 49.2 Å². The molecule has 0 saturated heterocycles. The van der Waals surface area contributed by atoms with Crippen LogP contribution in [0.25, 0.3) is 11.0 Å². The molecular formula is C15H17BrO2S. The monoisotopic (exact) mass is 340 g/mol. The fourth-order valence-corrected chi connectivity index (χ4v) is 5.02. The van der Waals surface area contributed by atoms with Gasteiger partial charge < -0.3 is 4.42 Å². The summed E-state index contributed by atoms with van der Waals surface area (Å²) in [4.78, 5) is 0.906. The van der Waals surface area contributed by atoms with Crippen molar-refractivity contribution in [2.75, 3.05) is 0 Å². The molecule has 1 fully saturated rings. The molecule has 1 aliphatic carbocycles. The molecule has 0 spiro atoms. The Kier molecular flexibility index (Phi) is 3.81. The summed E-state index contributed by atoms with van der Waals surface area (Å²) in [6, 6.07) is 5.91. The second-order valence-electron chi connectivity index (χ2n) is 5.19. The zero-order valence-corrected chi connectivity index (χ0v) is 13.4. The van der Waals surface area contributed by atoms with Gasteiger partial charge in [-0.25, -0.2) is 0 Å². The van der Waals surface area contributed by atoms with E-state index >= 15 is 0 Å². The molecule has 2 aromatic rings. The van der Waals surface area contributed by atoms with E-state index in [1.54, 1.807) is 0 Å². The number of aryl methyl sites for hydroxylation is 1. The van der Waals surface area contributed by atoms with Crippen molar-refractivity contribution >= 4 is 37.7 Å². The predicted octanol–water partition coefficient (Wildman–Crippen LogP) is 4.94. The van der Waals surface area contributed by atoms with Gasteiger partial charge in [-0.3, -0.25) is 4.21 Å². The molecular weight excluding hydrogens is 324 g/mol. The van der Waals surface area contributed by atoms with E-state index in [1.165, 1.54) is 19.3 Å². The molecule has 102 valence electrons. The third-order valence-electron chi connectivity index (χ3n) is 3.83. The van der Waals surface area contributed by atoms with Gasteiger partial charge >= 0.3 is 0 Å². The first-order valence-corrected chi connectivity index (χ1v) is 8.76. The van der Waals surface area contributed by atoms with Crippen LogP contribution in [0, 0.1) is 6.92 Å². The summed E-state index contributed by atoms with van der Waals surface area (Å²) < 4.78 is 19.6. The predicted molar refractivity (Wildman–Crippen MR) is 81.9 cm³/mol. The fourth-order valence-electron chi connectivity index (χ4n) is 2.87. The lowest BCUT2D eigenvalue weighted by Crippen LogP contribution is -2.18. The molecule has 1 aromatic carbocycles. The Bertz CT molecular complexity index is 626. The van der Waals surface area contributed by atoms with Crippen molar-refractivity contribution in [2.24, 2.45) is 0 Å². The Balaban J connectivity index is 2.05. The van der Waals surface area contributed by atoms with Crippen LogP contribution in [0.3, 0.4) is 0 Å². The van der Waals surface area contributed by atoms with Crippen molar-refractivity contribution in [3.05, 3.63) is 28.4 Å². The Morgan fingerprint density at radius 3 is 2.74 bits per heavy atom. The Morgan fingerprint density at radius 2 is 2.00 bits per heavy atom. The van der Waals surface area contributed by atoms with Crippen LogP contribution in [0.1, 0.15) is 37.9 Å². The van der Waals surface area contributed by atoms with Crippen LogP contribution in [-0.2, 0) is 10.8 Å². The zero-order chi connectivity index (χ0) is 13.4. The van der Waals surface area contributed by atoms with Crippen LogP contribution in [0.2, 0.25) is 0 Å². The van der Waals surface area contributed by atoms with Gasteiger partial charge in [0.05, 0.1) is 15.7 Å². The first kappa shape index (κ1) is 13.4. The summed E-state index contributed by atoms with van der Waals surface area (Å²) in [6.45, 7) is 1.92. The van der Waals surface area contributed by atoms with Crippen LogP contribution >= 0.6 is 15.9 Å². The fraction of sp³-hybridized carbons (Fsp3) is 0.467. The minimum atomic E-state index is -0.948. The molecule has 0 bridgehead atoms. The summed E-state index contributed by atoms with van der Waals surface area (Å²) in [7, 11) is -0.948. The highest BCUT2D eigenvalue weighted by Gasteiger charge is 2.26. The van der Waals surface area contributed by atoms with Crippen LogP contribution in [0.5, 0.6) is 0 Å². The molecule has 1 atom stereocenters. The van der Waals surface area contributed by atoms with Gasteiger partial charge in [-0.2, -0.15) is 0 Å². The van der Waals surface area contributed by atoms with Crippen LogP contribution in [-0.4, -0.2) is 9.46 Å². The highest BCUT2D eigenvalue weighted by atomic mass is 79.9. The SMILES string of the molecule is Cc1oc2ccc(Br)cc2c1S(=O)C1CCCCC1. The maximum atomic E-state index is 12.8. The number of hydrogen-bond acceptors (Lipinski definition) is 2. The largest absolute Gasteiger partial charge is 0.460 e. The number of hydrogen-bond donors (Lipinski definition) is 0. The van der Waals surface area contributed by atoms with Gasteiger partial charge in [0.1, 0.15) is 11.3 Å². The van der Waals surface area contributed by atoms with E-state index in [1.807, 2.05) is 25.1 Å². The number of halogens is 1. The van der Waals surface area contributed by atoms with Crippen molar-refractivity contribution in [1.82, 2.24) is 0 Å². The van der Waals surface area contributed by atoms with Crippen LogP contribution in [0.15, 0.2) is 32.0 Å². The Labute approximate surface area is 124 Å². The molecule has 2 nitrogen and oxygen atoms in total. The zero-order valence-electron chi connectivity index (χ0n) is 10.9. The van der Waals surface area contributed by atoms with E-state index in [9.17, 15) is 4.21 Å². The first-order valence-electron chi connectivity index (χ1n) is 6.76.